The van der Waals surface area contributed by atoms with Crippen molar-refractivity contribution in [1.29, 1.82) is 0 Å². The maximum Gasteiger partial charge on any atom is 0.338 e. The molecule has 0 bridgehead atoms. The van der Waals surface area contributed by atoms with Gasteiger partial charge in [0, 0.05) is 11.8 Å². The highest BCUT2D eigenvalue weighted by atomic mass is 16.7. The first-order chi connectivity index (χ1) is 20.3. The Bertz CT molecular complexity index is 1680. The molecule has 42 heavy (non-hydrogen) atoms. The average molecular weight is 571 g/mol. The number of nitrogens with zero attached hydrogens (tertiary/aromatic N) is 1. The number of benzene rings is 3. The minimum Gasteiger partial charge on any atom is -0.459 e. The Hall–Kier alpha value is -5.29. The summed E-state index contributed by atoms with van der Waals surface area (Å²) in [5.74, 6) is -2.19. The van der Waals surface area contributed by atoms with Gasteiger partial charge < -0.3 is 18.9 Å². The van der Waals surface area contributed by atoms with Crippen molar-refractivity contribution in [3.8, 4) is 0 Å². The van der Waals surface area contributed by atoms with Gasteiger partial charge in [0.25, 0.3) is 5.56 Å². The molecule has 11 heteroatoms. The number of nitrogens with one attached hydrogen (secondary N) is 1. The summed E-state index contributed by atoms with van der Waals surface area (Å²) in [5, 5.41) is 0. The lowest BCUT2D eigenvalue weighted by Gasteiger charge is -2.25. The van der Waals surface area contributed by atoms with Crippen LogP contribution in [0.1, 0.15) is 42.9 Å². The van der Waals surface area contributed by atoms with Gasteiger partial charge in [-0.15, -0.1) is 0 Å². The molecular weight excluding hydrogens is 544 g/mol. The van der Waals surface area contributed by atoms with Crippen molar-refractivity contribution in [2.45, 2.75) is 31.5 Å². The molecule has 214 valence electrons. The molecule has 1 aliphatic heterocycles. The molecule has 5 rings (SSSR count). The highest BCUT2D eigenvalue weighted by molar-refractivity contribution is 5.91. The van der Waals surface area contributed by atoms with Gasteiger partial charge in [0.1, 0.15) is 12.7 Å². The fourth-order valence-corrected chi connectivity index (χ4v) is 4.46. The summed E-state index contributed by atoms with van der Waals surface area (Å²) in [5.41, 5.74) is -0.564. The Balaban J connectivity index is 1.52. The van der Waals surface area contributed by atoms with Crippen molar-refractivity contribution in [2.24, 2.45) is 0 Å². The zero-order valence-electron chi connectivity index (χ0n) is 22.4. The summed E-state index contributed by atoms with van der Waals surface area (Å²) < 4.78 is 24.3. The first-order valence-corrected chi connectivity index (χ1v) is 13.0. The zero-order chi connectivity index (χ0) is 29.6. The minimum absolute atomic E-state index is 0.183. The van der Waals surface area contributed by atoms with Crippen LogP contribution in [0.15, 0.2) is 107 Å². The molecule has 1 aliphatic rings. The Morgan fingerprint density at radius 3 is 1.74 bits per heavy atom. The van der Waals surface area contributed by atoms with E-state index in [0.29, 0.717) is 0 Å². The smallest absolute Gasteiger partial charge is 0.338 e. The summed E-state index contributed by atoms with van der Waals surface area (Å²) in [6, 6.07) is 24.4. The molecule has 1 fully saturated rings. The van der Waals surface area contributed by atoms with Gasteiger partial charge in [-0.05, 0) is 43.3 Å². The van der Waals surface area contributed by atoms with Crippen molar-refractivity contribution in [1.82, 2.24) is 9.55 Å². The van der Waals surface area contributed by atoms with E-state index in [9.17, 15) is 24.0 Å². The van der Waals surface area contributed by atoms with E-state index in [1.807, 2.05) is 0 Å². The van der Waals surface area contributed by atoms with Crippen molar-refractivity contribution in [3.63, 3.8) is 0 Å². The lowest BCUT2D eigenvalue weighted by Crippen LogP contribution is -2.43. The second kappa shape index (κ2) is 12.5. The molecule has 1 N–H and O–H groups in total. The van der Waals surface area contributed by atoms with E-state index in [4.69, 9.17) is 18.9 Å². The lowest BCUT2D eigenvalue weighted by molar-refractivity contribution is -0.0640. The number of aromatic amines is 1. The van der Waals surface area contributed by atoms with Gasteiger partial charge in [0.05, 0.1) is 16.7 Å². The molecule has 2 heterocycles. The molecule has 0 aliphatic carbocycles. The van der Waals surface area contributed by atoms with Crippen LogP contribution in [0, 0.1) is 6.92 Å². The molecule has 0 spiro atoms. The van der Waals surface area contributed by atoms with E-state index in [0.717, 1.165) is 4.57 Å². The van der Waals surface area contributed by atoms with Crippen LogP contribution in [0.4, 0.5) is 0 Å². The van der Waals surface area contributed by atoms with E-state index in [-0.39, 0.29) is 22.3 Å². The fourth-order valence-electron chi connectivity index (χ4n) is 4.46. The highest BCUT2D eigenvalue weighted by Crippen LogP contribution is 2.34. The number of carbonyl (C=O) groups excluding carboxylic acids is 3. The van der Waals surface area contributed by atoms with Crippen LogP contribution in [0.2, 0.25) is 0 Å². The largest absolute Gasteiger partial charge is 0.459 e. The van der Waals surface area contributed by atoms with Crippen LogP contribution in [-0.2, 0) is 18.9 Å². The van der Waals surface area contributed by atoms with Crippen LogP contribution in [-0.4, -0.2) is 52.4 Å². The minimum atomic E-state index is -1.38. The molecule has 0 saturated carbocycles. The average Bonchev–Trinajstić information content (AvgIpc) is 3.34. The van der Waals surface area contributed by atoms with Crippen LogP contribution in [0.25, 0.3) is 0 Å². The highest BCUT2D eigenvalue weighted by Gasteiger charge is 2.51. The van der Waals surface area contributed by atoms with Gasteiger partial charge in [-0.3, -0.25) is 14.3 Å². The van der Waals surface area contributed by atoms with Gasteiger partial charge in [-0.25, -0.2) is 19.2 Å². The van der Waals surface area contributed by atoms with Crippen molar-refractivity contribution in [2.75, 3.05) is 6.61 Å². The molecular formula is C31H26N2O9. The Kier molecular flexibility index (Phi) is 8.39. The number of H-pyrrole nitrogens is 1. The monoisotopic (exact) mass is 570 g/mol. The summed E-state index contributed by atoms with van der Waals surface area (Å²) >= 11 is 0. The SMILES string of the molecule is Cc1cn([C@@H]2O[C@H](COC(=O)c3ccccc3)C(OC(=O)c3ccccc3)C2OC(=O)c2ccccc2)c(=O)[nH]c1=O. The van der Waals surface area contributed by atoms with E-state index >= 15 is 0 Å². The normalized spacial score (nSPS) is 19.5. The number of carbonyl (C=O) groups is 3. The zero-order valence-corrected chi connectivity index (χ0v) is 22.4. The molecule has 4 aromatic rings. The molecule has 4 atom stereocenters. The predicted molar refractivity (Wildman–Crippen MR) is 148 cm³/mol. The third kappa shape index (κ3) is 6.21. The number of hydrogen-bond acceptors (Lipinski definition) is 9. The molecule has 11 nitrogen and oxygen atoms in total. The van der Waals surface area contributed by atoms with Crippen LogP contribution < -0.4 is 11.2 Å². The Morgan fingerprint density at radius 2 is 1.21 bits per heavy atom. The predicted octanol–water partition coefficient (Wildman–Crippen LogP) is 3.05. The summed E-state index contributed by atoms with van der Waals surface area (Å²) in [7, 11) is 0. The summed E-state index contributed by atoms with van der Waals surface area (Å²) in [6.45, 7) is 1.08. The Labute approximate surface area is 239 Å². The lowest BCUT2D eigenvalue weighted by atomic mass is 10.1. The molecule has 1 aromatic heterocycles. The van der Waals surface area contributed by atoms with Gasteiger partial charge in [-0.1, -0.05) is 54.6 Å². The molecule has 1 saturated heterocycles. The number of esters is 3. The number of ether oxygens (including phenoxy) is 4. The van der Waals surface area contributed by atoms with Gasteiger partial charge in [-0.2, -0.15) is 0 Å². The quantitative estimate of drug-likeness (QED) is 0.250. The second-order valence-corrected chi connectivity index (χ2v) is 9.48. The summed E-state index contributed by atoms with van der Waals surface area (Å²) in [4.78, 5) is 66.2. The maximum atomic E-state index is 13.2. The molecule has 3 aromatic carbocycles. The first kappa shape index (κ1) is 28.2. The van der Waals surface area contributed by atoms with Crippen LogP contribution in [0.3, 0.4) is 0 Å². The number of aryl methyl sites for hydroxylation is 1. The topological polar surface area (TPSA) is 143 Å². The van der Waals surface area contributed by atoms with Crippen LogP contribution >= 0.6 is 0 Å². The van der Waals surface area contributed by atoms with Crippen molar-refractivity contribution >= 4 is 17.9 Å². The number of hydrogen-bond donors (Lipinski definition) is 1. The van der Waals surface area contributed by atoms with Crippen LogP contribution in [0.5, 0.6) is 0 Å². The Morgan fingerprint density at radius 1 is 0.738 bits per heavy atom. The molecule has 0 radical (unpaired) electrons. The second-order valence-electron chi connectivity index (χ2n) is 9.48. The number of rotatable bonds is 8. The van der Waals surface area contributed by atoms with E-state index in [1.165, 1.54) is 25.3 Å². The first-order valence-electron chi connectivity index (χ1n) is 13.0. The molecule has 2 unspecified atom stereocenters. The van der Waals surface area contributed by atoms with Crippen molar-refractivity contribution in [3.05, 3.63) is 140 Å². The third-order valence-electron chi connectivity index (χ3n) is 6.60. The standard InChI is InChI=1S/C31H26N2O9/c1-19-17-33(31(38)32-26(19)34)27-25(42-30(37)22-15-9-4-10-16-22)24(41-29(36)21-13-7-3-8-14-21)23(40-27)18-39-28(35)20-11-5-2-6-12-20/h2-17,23-25,27H,18H2,1H3,(H,32,34,38)/t23-,24?,25?,27-/m1/s1. The van der Waals surface area contributed by atoms with E-state index < -0.39 is 60.3 Å². The van der Waals surface area contributed by atoms with Gasteiger partial charge >= 0.3 is 23.6 Å². The number of aromatic nitrogens is 2. The summed E-state index contributed by atoms with van der Waals surface area (Å²) in [6.07, 6.45) is -3.96. The van der Waals surface area contributed by atoms with Crippen molar-refractivity contribution < 1.29 is 33.3 Å². The van der Waals surface area contributed by atoms with E-state index in [2.05, 4.69) is 4.98 Å². The van der Waals surface area contributed by atoms with Gasteiger partial charge in [0.2, 0.25) is 0 Å². The van der Waals surface area contributed by atoms with Gasteiger partial charge in [0.15, 0.2) is 18.4 Å². The molecule has 0 amide bonds. The third-order valence-corrected chi connectivity index (χ3v) is 6.60. The maximum absolute atomic E-state index is 13.2. The van der Waals surface area contributed by atoms with E-state index in [1.54, 1.807) is 78.9 Å². The fraction of sp³-hybridized carbons (Fsp3) is 0.194.